The van der Waals surface area contributed by atoms with Crippen molar-refractivity contribution in [3.05, 3.63) is 16.1 Å². The minimum absolute atomic E-state index is 0. The molecule has 0 aliphatic carbocycles. The molecule has 0 saturated carbocycles. The molecule has 0 atom stereocenters. The number of carbonyl (C=O) groups is 1. The topological polar surface area (TPSA) is 54.0 Å². The van der Waals surface area contributed by atoms with Gasteiger partial charge >= 0.3 is 0 Å². The second-order valence-electron chi connectivity index (χ2n) is 3.25. The highest BCUT2D eigenvalue weighted by Gasteiger charge is 2.07. The summed E-state index contributed by atoms with van der Waals surface area (Å²) in [5, 5.41) is 6.98. The minimum atomic E-state index is -0.0288. The maximum Gasteiger partial charge on any atom is 0.263 e. The molecule has 0 spiro atoms. The van der Waals surface area contributed by atoms with Gasteiger partial charge in [-0.05, 0) is 19.9 Å². The zero-order valence-corrected chi connectivity index (χ0v) is 11.2. The molecule has 92 valence electrons. The maximum absolute atomic E-state index is 11.5. The number of hydrogen-bond donors (Lipinski definition) is 2. The Morgan fingerprint density at radius 1 is 1.44 bits per heavy atom. The Morgan fingerprint density at radius 3 is 2.75 bits per heavy atom. The second kappa shape index (κ2) is 8.50. The van der Waals surface area contributed by atoms with Crippen LogP contribution in [-0.2, 0) is 0 Å². The van der Waals surface area contributed by atoms with Crippen molar-refractivity contribution in [1.29, 1.82) is 0 Å². The largest absolute Gasteiger partial charge is 0.350 e. The van der Waals surface area contributed by atoms with Crippen molar-refractivity contribution in [3.8, 4) is 0 Å². The first-order valence-corrected chi connectivity index (χ1v) is 5.97. The number of nitrogens with one attached hydrogen (secondary N) is 2. The number of halogens is 1. The van der Waals surface area contributed by atoms with Crippen molar-refractivity contribution in [2.24, 2.45) is 0 Å². The highest BCUT2D eigenvalue weighted by molar-refractivity contribution is 7.13. The molecule has 0 aliphatic rings. The fourth-order valence-electron chi connectivity index (χ4n) is 1.12. The average molecular weight is 264 g/mol. The number of thiazole rings is 1. The molecule has 1 rings (SSSR count). The standard InChI is InChI=1S/C10H17N3OS.ClH/c1-3-4-11-5-6-12-10(14)9-7-13-8(2)15-9;/h7,11H,3-6H2,1-2H3,(H,12,14);1H. The maximum atomic E-state index is 11.5. The van der Waals surface area contributed by atoms with Crippen LogP contribution in [-0.4, -0.2) is 30.5 Å². The summed E-state index contributed by atoms with van der Waals surface area (Å²) in [5.41, 5.74) is 0. The van der Waals surface area contributed by atoms with Gasteiger partial charge in [-0.2, -0.15) is 0 Å². The molecule has 0 fully saturated rings. The smallest absolute Gasteiger partial charge is 0.263 e. The van der Waals surface area contributed by atoms with Crippen molar-refractivity contribution in [2.45, 2.75) is 20.3 Å². The van der Waals surface area contributed by atoms with Crippen LogP contribution >= 0.6 is 23.7 Å². The first-order valence-electron chi connectivity index (χ1n) is 5.15. The summed E-state index contributed by atoms with van der Waals surface area (Å²) < 4.78 is 0. The molecule has 1 amide bonds. The van der Waals surface area contributed by atoms with Gasteiger partial charge in [-0.1, -0.05) is 6.92 Å². The number of aryl methyl sites for hydroxylation is 1. The molecule has 16 heavy (non-hydrogen) atoms. The van der Waals surface area contributed by atoms with Gasteiger partial charge in [0.25, 0.3) is 5.91 Å². The van der Waals surface area contributed by atoms with Crippen molar-refractivity contribution in [2.75, 3.05) is 19.6 Å². The van der Waals surface area contributed by atoms with Gasteiger partial charge in [-0.3, -0.25) is 4.79 Å². The summed E-state index contributed by atoms with van der Waals surface area (Å²) in [4.78, 5) is 16.2. The SMILES string of the molecule is CCCNCCNC(=O)c1cnc(C)s1.Cl. The molecule has 0 unspecified atom stereocenters. The lowest BCUT2D eigenvalue weighted by atomic mass is 10.4. The summed E-state index contributed by atoms with van der Waals surface area (Å²) in [6, 6.07) is 0. The van der Waals surface area contributed by atoms with Crippen LogP contribution in [0.15, 0.2) is 6.20 Å². The van der Waals surface area contributed by atoms with Gasteiger partial charge in [0.1, 0.15) is 4.88 Å². The molecule has 0 aliphatic heterocycles. The third-order valence-corrected chi connectivity index (χ3v) is 2.77. The van der Waals surface area contributed by atoms with E-state index in [9.17, 15) is 4.79 Å². The number of hydrogen-bond acceptors (Lipinski definition) is 4. The minimum Gasteiger partial charge on any atom is -0.350 e. The van der Waals surface area contributed by atoms with Crippen molar-refractivity contribution in [1.82, 2.24) is 15.6 Å². The normalized spacial score (nSPS) is 9.62. The first kappa shape index (κ1) is 15.3. The van der Waals surface area contributed by atoms with E-state index in [-0.39, 0.29) is 18.3 Å². The number of aromatic nitrogens is 1. The highest BCUT2D eigenvalue weighted by atomic mass is 35.5. The summed E-state index contributed by atoms with van der Waals surface area (Å²) >= 11 is 1.42. The van der Waals surface area contributed by atoms with Crippen LogP contribution in [0.3, 0.4) is 0 Å². The average Bonchev–Trinajstić information content (AvgIpc) is 2.64. The monoisotopic (exact) mass is 263 g/mol. The van der Waals surface area contributed by atoms with E-state index >= 15 is 0 Å². The van der Waals surface area contributed by atoms with E-state index in [1.807, 2.05) is 6.92 Å². The lowest BCUT2D eigenvalue weighted by Gasteiger charge is -2.03. The van der Waals surface area contributed by atoms with Gasteiger partial charge in [-0.25, -0.2) is 4.98 Å². The summed E-state index contributed by atoms with van der Waals surface area (Å²) in [6.07, 6.45) is 2.73. The molecule has 0 radical (unpaired) electrons. The fourth-order valence-corrected chi connectivity index (χ4v) is 1.81. The predicted octanol–water partition coefficient (Wildman–Crippen LogP) is 1.60. The van der Waals surface area contributed by atoms with Gasteiger partial charge in [0, 0.05) is 13.1 Å². The summed E-state index contributed by atoms with van der Waals surface area (Å²) in [7, 11) is 0. The van der Waals surface area contributed by atoms with E-state index in [0.29, 0.717) is 11.4 Å². The molecule has 4 nitrogen and oxygen atoms in total. The Labute approximate surface area is 106 Å². The van der Waals surface area contributed by atoms with Crippen LogP contribution < -0.4 is 10.6 Å². The van der Waals surface area contributed by atoms with E-state index in [0.717, 1.165) is 24.5 Å². The number of nitrogens with zero attached hydrogens (tertiary/aromatic N) is 1. The van der Waals surface area contributed by atoms with Gasteiger partial charge < -0.3 is 10.6 Å². The Balaban J connectivity index is 0.00000225. The fraction of sp³-hybridized carbons (Fsp3) is 0.600. The van der Waals surface area contributed by atoms with E-state index in [2.05, 4.69) is 22.5 Å². The third-order valence-electron chi connectivity index (χ3n) is 1.86. The van der Waals surface area contributed by atoms with Crippen LogP contribution in [0.4, 0.5) is 0 Å². The Morgan fingerprint density at radius 2 is 2.19 bits per heavy atom. The van der Waals surface area contributed by atoms with E-state index in [4.69, 9.17) is 0 Å². The van der Waals surface area contributed by atoms with Gasteiger partial charge in [0.15, 0.2) is 0 Å². The summed E-state index contributed by atoms with van der Waals surface area (Å²) in [6.45, 7) is 6.48. The van der Waals surface area contributed by atoms with Crippen molar-refractivity contribution in [3.63, 3.8) is 0 Å². The van der Waals surface area contributed by atoms with Gasteiger partial charge in [0.2, 0.25) is 0 Å². The highest BCUT2D eigenvalue weighted by Crippen LogP contribution is 2.10. The molecule has 1 heterocycles. The van der Waals surface area contributed by atoms with Crippen molar-refractivity contribution >= 4 is 29.7 Å². The lowest BCUT2D eigenvalue weighted by Crippen LogP contribution is -2.31. The van der Waals surface area contributed by atoms with E-state index in [1.54, 1.807) is 6.20 Å². The molecular weight excluding hydrogens is 246 g/mol. The molecule has 0 aromatic carbocycles. The van der Waals surface area contributed by atoms with Gasteiger partial charge in [-0.15, -0.1) is 23.7 Å². The van der Waals surface area contributed by atoms with Crippen LogP contribution in [0.2, 0.25) is 0 Å². The third kappa shape index (κ3) is 5.44. The molecule has 0 saturated heterocycles. The van der Waals surface area contributed by atoms with Crippen molar-refractivity contribution < 1.29 is 4.79 Å². The molecular formula is C10H18ClN3OS. The Hall–Kier alpha value is -0.650. The second-order valence-corrected chi connectivity index (χ2v) is 4.48. The van der Waals surface area contributed by atoms with Crippen LogP contribution in [0.1, 0.15) is 28.0 Å². The Kier molecular flexibility index (Phi) is 8.15. The quantitative estimate of drug-likeness (QED) is 0.767. The molecule has 0 bridgehead atoms. The number of rotatable bonds is 6. The van der Waals surface area contributed by atoms with E-state index < -0.39 is 0 Å². The Bertz CT molecular complexity index is 317. The molecule has 1 aromatic rings. The number of carbonyl (C=O) groups excluding carboxylic acids is 1. The van der Waals surface area contributed by atoms with Crippen LogP contribution in [0.5, 0.6) is 0 Å². The van der Waals surface area contributed by atoms with Crippen LogP contribution in [0.25, 0.3) is 0 Å². The molecule has 2 N–H and O–H groups in total. The van der Waals surface area contributed by atoms with E-state index in [1.165, 1.54) is 11.3 Å². The molecule has 1 aromatic heterocycles. The zero-order valence-electron chi connectivity index (χ0n) is 9.58. The molecule has 6 heteroatoms. The number of amides is 1. The summed E-state index contributed by atoms with van der Waals surface area (Å²) in [5.74, 6) is -0.0288. The van der Waals surface area contributed by atoms with Crippen LogP contribution in [0, 0.1) is 6.92 Å². The lowest BCUT2D eigenvalue weighted by molar-refractivity contribution is 0.0958. The predicted molar refractivity (Wildman–Crippen MR) is 69.6 cm³/mol. The zero-order chi connectivity index (χ0) is 11.1. The first-order chi connectivity index (χ1) is 7.24. The van der Waals surface area contributed by atoms with Gasteiger partial charge in [0.05, 0.1) is 11.2 Å².